The Bertz CT molecular complexity index is 911. The average Bonchev–Trinajstić information content (AvgIpc) is 3.16. The van der Waals surface area contributed by atoms with Crippen molar-refractivity contribution in [3.63, 3.8) is 0 Å². The zero-order valence-electron chi connectivity index (χ0n) is 14.1. The summed E-state index contributed by atoms with van der Waals surface area (Å²) in [5, 5.41) is 10.9. The van der Waals surface area contributed by atoms with Crippen LogP contribution in [-0.4, -0.2) is 44.4 Å². The van der Waals surface area contributed by atoms with E-state index in [1.165, 1.54) is 40.2 Å². The van der Waals surface area contributed by atoms with Gasteiger partial charge in [-0.05, 0) is 40.3 Å². The second-order valence-electron chi connectivity index (χ2n) is 5.62. The zero-order valence-corrected chi connectivity index (χ0v) is 14.1. The maximum atomic E-state index is 12.8. The minimum Gasteiger partial charge on any atom is -0.406 e. The maximum absolute atomic E-state index is 12.8. The van der Waals surface area contributed by atoms with Gasteiger partial charge in [-0.2, -0.15) is 4.68 Å². The van der Waals surface area contributed by atoms with E-state index in [9.17, 15) is 18.0 Å². The number of halogens is 3. The van der Waals surface area contributed by atoms with E-state index in [1.54, 1.807) is 31.3 Å². The number of ether oxygens (including phenoxy) is 1. The van der Waals surface area contributed by atoms with Gasteiger partial charge in [-0.3, -0.25) is 4.79 Å². The van der Waals surface area contributed by atoms with E-state index in [1.807, 2.05) is 0 Å². The predicted octanol–water partition coefficient (Wildman–Crippen LogP) is 2.83. The number of hydrogen-bond donors (Lipinski definition) is 0. The van der Waals surface area contributed by atoms with Gasteiger partial charge in [-0.15, -0.1) is 18.3 Å². The van der Waals surface area contributed by atoms with Gasteiger partial charge in [-0.1, -0.05) is 24.3 Å². The van der Waals surface area contributed by atoms with Gasteiger partial charge in [0.1, 0.15) is 12.1 Å². The molecule has 1 aromatic heterocycles. The number of nitrogens with zero attached hydrogens (tertiary/aromatic N) is 5. The van der Waals surface area contributed by atoms with Gasteiger partial charge < -0.3 is 9.64 Å². The summed E-state index contributed by atoms with van der Waals surface area (Å²) in [4.78, 5) is 14.2. The molecule has 2 aromatic carbocycles. The highest BCUT2D eigenvalue weighted by Crippen LogP contribution is 2.23. The first-order chi connectivity index (χ1) is 12.8. The maximum Gasteiger partial charge on any atom is 0.573 e. The lowest BCUT2D eigenvalue weighted by Gasteiger charge is -2.19. The lowest BCUT2D eigenvalue weighted by molar-refractivity contribution is -0.274. The number of aromatic nitrogens is 4. The Morgan fingerprint density at radius 2 is 1.85 bits per heavy atom. The molecule has 10 heteroatoms. The van der Waals surface area contributed by atoms with Gasteiger partial charge >= 0.3 is 6.36 Å². The summed E-state index contributed by atoms with van der Waals surface area (Å²) in [6.45, 7) is 0.203. The lowest BCUT2D eigenvalue weighted by atomic mass is 10.1. The minimum absolute atomic E-state index is 0.203. The third kappa shape index (κ3) is 4.60. The Hall–Kier alpha value is -3.43. The van der Waals surface area contributed by atoms with Gasteiger partial charge in [0.2, 0.25) is 0 Å². The molecule has 0 fully saturated rings. The molecule has 1 amide bonds. The number of rotatable bonds is 5. The average molecular weight is 377 g/mol. The van der Waals surface area contributed by atoms with Gasteiger partial charge in [0.25, 0.3) is 5.91 Å². The summed E-state index contributed by atoms with van der Waals surface area (Å²) < 4.78 is 41.8. The van der Waals surface area contributed by atoms with Crippen LogP contribution in [0.4, 0.5) is 13.2 Å². The van der Waals surface area contributed by atoms with Crippen molar-refractivity contribution in [3.05, 3.63) is 66.0 Å². The highest BCUT2D eigenvalue weighted by Gasteiger charge is 2.31. The summed E-state index contributed by atoms with van der Waals surface area (Å²) in [5.74, 6) is -0.596. The number of para-hydroxylation sites is 1. The standard InChI is InChI=1S/C17H14F3N5O2/c1-24(10-12-6-8-13(9-7-12)27-17(18,19)20)16(26)14-4-2-3-5-15(14)25-11-21-22-23-25/h2-9,11H,10H2,1H3. The van der Waals surface area contributed by atoms with E-state index in [0.717, 1.165) is 0 Å². The Kier molecular flexibility index (Phi) is 5.06. The summed E-state index contributed by atoms with van der Waals surface area (Å²) in [5.41, 5.74) is 1.57. The molecule has 0 bridgehead atoms. The van der Waals surface area contributed by atoms with Crippen molar-refractivity contribution >= 4 is 5.91 Å². The Labute approximate surface area is 152 Å². The topological polar surface area (TPSA) is 73.1 Å². The SMILES string of the molecule is CN(Cc1ccc(OC(F)(F)F)cc1)C(=O)c1ccccc1-n1cnnn1. The number of tetrazole rings is 1. The molecule has 0 aliphatic heterocycles. The fourth-order valence-electron chi connectivity index (χ4n) is 2.47. The van der Waals surface area contributed by atoms with Gasteiger partial charge in [0.15, 0.2) is 0 Å². The summed E-state index contributed by atoms with van der Waals surface area (Å²) >= 11 is 0. The third-order valence-corrected chi connectivity index (χ3v) is 3.65. The van der Waals surface area contributed by atoms with Crippen LogP contribution in [0.25, 0.3) is 5.69 Å². The van der Waals surface area contributed by atoms with Crippen molar-refractivity contribution in [2.75, 3.05) is 7.05 Å². The van der Waals surface area contributed by atoms with Crippen LogP contribution < -0.4 is 4.74 Å². The van der Waals surface area contributed by atoms with Crippen LogP contribution in [0.3, 0.4) is 0 Å². The first-order valence-corrected chi connectivity index (χ1v) is 7.76. The quantitative estimate of drug-likeness (QED) is 0.684. The molecule has 1 heterocycles. The Balaban J connectivity index is 1.74. The number of alkyl halides is 3. The van der Waals surface area contributed by atoms with E-state index >= 15 is 0 Å². The van der Waals surface area contributed by atoms with Gasteiger partial charge in [0.05, 0.1) is 11.3 Å². The van der Waals surface area contributed by atoms with E-state index in [2.05, 4.69) is 20.3 Å². The molecule has 0 spiro atoms. The molecule has 0 unspecified atom stereocenters. The van der Waals surface area contributed by atoms with Crippen molar-refractivity contribution in [1.82, 2.24) is 25.1 Å². The van der Waals surface area contributed by atoms with Crippen molar-refractivity contribution < 1.29 is 22.7 Å². The minimum atomic E-state index is -4.74. The van der Waals surface area contributed by atoms with Crippen molar-refractivity contribution in [1.29, 1.82) is 0 Å². The lowest BCUT2D eigenvalue weighted by Crippen LogP contribution is -2.27. The first kappa shape index (κ1) is 18.4. The number of carbonyl (C=O) groups excluding carboxylic acids is 1. The van der Waals surface area contributed by atoms with E-state index in [0.29, 0.717) is 16.8 Å². The molecule has 7 nitrogen and oxygen atoms in total. The number of amides is 1. The highest BCUT2D eigenvalue weighted by atomic mass is 19.4. The summed E-state index contributed by atoms with van der Waals surface area (Å²) in [6, 6.07) is 12.2. The fraction of sp³-hybridized carbons (Fsp3) is 0.176. The second kappa shape index (κ2) is 7.44. The van der Waals surface area contributed by atoms with Crippen LogP contribution in [0, 0.1) is 0 Å². The molecule has 3 rings (SSSR count). The number of hydrogen-bond acceptors (Lipinski definition) is 5. The monoisotopic (exact) mass is 377 g/mol. The van der Waals surface area contributed by atoms with Crippen molar-refractivity contribution in [2.24, 2.45) is 0 Å². The molecule has 140 valence electrons. The fourth-order valence-corrected chi connectivity index (χ4v) is 2.47. The highest BCUT2D eigenvalue weighted by molar-refractivity contribution is 5.97. The van der Waals surface area contributed by atoms with Crippen molar-refractivity contribution in [3.8, 4) is 11.4 Å². The Morgan fingerprint density at radius 1 is 1.15 bits per heavy atom. The molecule has 0 N–H and O–H groups in total. The molecular weight excluding hydrogens is 363 g/mol. The molecule has 0 radical (unpaired) electrons. The largest absolute Gasteiger partial charge is 0.573 e. The van der Waals surface area contributed by atoms with E-state index in [-0.39, 0.29) is 18.2 Å². The third-order valence-electron chi connectivity index (χ3n) is 3.65. The van der Waals surface area contributed by atoms with Gasteiger partial charge in [-0.25, -0.2) is 0 Å². The van der Waals surface area contributed by atoms with Crippen LogP contribution in [0.1, 0.15) is 15.9 Å². The van der Waals surface area contributed by atoms with Crippen LogP contribution in [0.15, 0.2) is 54.9 Å². The number of benzene rings is 2. The molecule has 0 atom stereocenters. The van der Waals surface area contributed by atoms with E-state index < -0.39 is 6.36 Å². The predicted molar refractivity (Wildman–Crippen MR) is 88.1 cm³/mol. The first-order valence-electron chi connectivity index (χ1n) is 7.76. The second-order valence-corrected chi connectivity index (χ2v) is 5.62. The normalized spacial score (nSPS) is 11.3. The van der Waals surface area contributed by atoms with Crippen LogP contribution >= 0.6 is 0 Å². The summed E-state index contributed by atoms with van der Waals surface area (Å²) in [7, 11) is 1.60. The Morgan fingerprint density at radius 3 is 2.48 bits per heavy atom. The van der Waals surface area contributed by atoms with Gasteiger partial charge in [0, 0.05) is 13.6 Å². The number of carbonyl (C=O) groups is 1. The molecule has 0 aliphatic rings. The van der Waals surface area contributed by atoms with E-state index in [4.69, 9.17) is 0 Å². The molecule has 0 saturated heterocycles. The van der Waals surface area contributed by atoms with Crippen LogP contribution in [-0.2, 0) is 6.54 Å². The zero-order chi connectivity index (χ0) is 19.4. The molecule has 0 saturated carbocycles. The van der Waals surface area contributed by atoms with Crippen molar-refractivity contribution in [2.45, 2.75) is 12.9 Å². The van der Waals surface area contributed by atoms with Crippen LogP contribution in [0.2, 0.25) is 0 Å². The summed E-state index contributed by atoms with van der Waals surface area (Å²) in [6.07, 6.45) is -3.36. The molecule has 3 aromatic rings. The smallest absolute Gasteiger partial charge is 0.406 e. The van der Waals surface area contributed by atoms with Crippen LogP contribution in [0.5, 0.6) is 5.75 Å². The molecule has 27 heavy (non-hydrogen) atoms. The molecule has 0 aliphatic carbocycles. The molecular formula is C17H14F3N5O2.